The van der Waals surface area contributed by atoms with E-state index in [-0.39, 0.29) is 42.0 Å². The third kappa shape index (κ3) is 3.89. The lowest BCUT2D eigenvalue weighted by Crippen LogP contribution is -2.39. The minimum atomic E-state index is -0.762. The lowest BCUT2D eigenvalue weighted by molar-refractivity contribution is 0.391. The van der Waals surface area contributed by atoms with Crippen LogP contribution in [-0.2, 0) is 6.54 Å². The zero-order valence-corrected chi connectivity index (χ0v) is 19.7. The molecule has 0 radical (unpaired) electrons. The maximum absolute atomic E-state index is 14.6. The average Bonchev–Trinajstić information content (AvgIpc) is 3.21. The van der Waals surface area contributed by atoms with Crippen LogP contribution in [0.4, 0.5) is 8.78 Å². The standard InChI is InChI=1S/C25H20F2N4O3S/c1-14-21-23(32)31(19-11-12-20(34-2)29-28-19)25(33)30(13-16-17(26)9-6-10-18(16)27)24(21)35-22(14)15-7-4-3-5-8-15/h3-5,7-9,11-12H,6,10,13H2,1-2H3. The molecule has 0 atom stereocenters. The van der Waals surface area contributed by atoms with Crippen LogP contribution in [-0.4, -0.2) is 26.4 Å². The number of fused-ring (bicyclic) bond motifs is 1. The Hall–Kier alpha value is -3.92. The van der Waals surface area contributed by atoms with Crippen molar-refractivity contribution in [3.05, 3.63) is 92.2 Å². The van der Waals surface area contributed by atoms with Crippen LogP contribution in [0.3, 0.4) is 0 Å². The second-order valence-corrected chi connectivity index (χ2v) is 9.02. The Kier molecular flexibility index (Phi) is 5.89. The van der Waals surface area contributed by atoms with E-state index in [0.717, 1.165) is 15.0 Å². The van der Waals surface area contributed by atoms with Gasteiger partial charge in [-0.05, 0) is 36.6 Å². The number of hydrogen-bond donors (Lipinski definition) is 0. The monoisotopic (exact) mass is 494 g/mol. The second kappa shape index (κ2) is 9.03. The number of benzene rings is 1. The molecule has 5 rings (SSSR count). The maximum atomic E-state index is 14.6. The molecule has 178 valence electrons. The molecule has 0 saturated carbocycles. The van der Waals surface area contributed by atoms with Crippen LogP contribution in [0.15, 0.2) is 75.4 Å². The smallest absolute Gasteiger partial charge is 0.338 e. The Bertz CT molecular complexity index is 1620. The summed E-state index contributed by atoms with van der Waals surface area (Å²) in [4.78, 5) is 28.4. The summed E-state index contributed by atoms with van der Waals surface area (Å²) >= 11 is 1.24. The molecule has 0 saturated heterocycles. The van der Waals surface area contributed by atoms with Crippen molar-refractivity contribution in [3.63, 3.8) is 0 Å². The first-order valence-corrected chi connectivity index (χ1v) is 11.7. The summed E-state index contributed by atoms with van der Waals surface area (Å²) < 4.78 is 36.4. The third-order valence-corrected chi connectivity index (χ3v) is 7.30. The number of rotatable bonds is 5. The van der Waals surface area contributed by atoms with Gasteiger partial charge >= 0.3 is 5.69 Å². The molecule has 0 bridgehead atoms. The Morgan fingerprint density at radius 3 is 2.51 bits per heavy atom. The van der Waals surface area contributed by atoms with Crippen molar-refractivity contribution in [2.24, 2.45) is 0 Å². The summed E-state index contributed by atoms with van der Waals surface area (Å²) in [6.07, 6.45) is 1.62. The maximum Gasteiger partial charge on any atom is 0.338 e. The molecule has 0 unspecified atom stereocenters. The van der Waals surface area contributed by atoms with Crippen molar-refractivity contribution in [1.82, 2.24) is 19.3 Å². The fourth-order valence-electron chi connectivity index (χ4n) is 4.14. The highest BCUT2D eigenvalue weighted by molar-refractivity contribution is 7.22. The molecule has 1 aromatic carbocycles. The van der Waals surface area contributed by atoms with Gasteiger partial charge in [0.25, 0.3) is 5.56 Å². The Labute approximate surface area is 202 Å². The first-order chi connectivity index (χ1) is 16.9. The van der Waals surface area contributed by atoms with Crippen LogP contribution in [0.1, 0.15) is 18.4 Å². The molecule has 0 amide bonds. The van der Waals surface area contributed by atoms with E-state index >= 15 is 0 Å². The average molecular weight is 495 g/mol. The quantitative estimate of drug-likeness (QED) is 0.396. The van der Waals surface area contributed by atoms with Crippen LogP contribution in [0, 0.1) is 6.92 Å². The molecular formula is C25H20F2N4O3S. The molecule has 10 heteroatoms. The van der Waals surface area contributed by atoms with Crippen molar-refractivity contribution < 1.29 is 13.5 Å². The van der Waals surface area contributed by atoms with E-state index in [1.165, 1.54) is 41.2 Å². The van der Waals surface area contributed by atoms with Crippen LogP contribution >= 0.6 is 11.3 Å². The van der Waals surface area contributed by atoms with E-state index in [0.29, 0.717) is 10.4 Å². The first-order valence-electron chi connectivity index (χ1n) is 10.9. The molecule has 0 spiro atoms. The van der Waals surface area contributed by atoms with Gasteiger partial charge in [0.15, 0.2) is 5.82 Å². The minimum Gasteiger partial charge on any atom is -0.480 e. The fraction of sp³-hybridized carbons (Fsp3) is 0.200. The number of hydrogen-bond acceptors (Lipinski definition) is 6. The highest BCUT2D eigenvalue weighted by Crippen LogP contribution is 2.37. The lowest BCUT2D eigenvalue weighted by Gasteiger charge is -2.16. The highest BCUT2D eigenvalue weighted by atomic mass is 32.1. The normalized spacial score (nSPS) is 13.9. The first kappa shape index (κ1) is 22.9. The van der Waals surface area contributed by atoms with Gasteiger partial charge in [0.2, 0.25) is 5.88 Å². The van der Waals surface area contributed by atoms with Gasteiger partial charge in [0, 0.05) is 22.9 Å². The van der Waals surface area contributed by atoms with Gasteiger partial charge in [-0.1, -0.05) is 30.3 Å². The second-order valence-electron chi connectivity index (χ2n) is 8.02. The van der Waals surface area contributed by atoms with Gasteiger partial charge in [0.05, 0.1) is 19.0 Å². The Morgan fingerprint density at radius 1 is 1.09 bits per heavy atom. The summed E-state index contributed by atoms with van der Waals surface area (Å²) in [6.45, 7) is 1.43. The zero-order valence-electron chi connectivity index (χ0n) is 18.9. The van der Waals surface area contributed by atoms with Crippen molar-refractivity contribution in [3.8, 4) is 22.1 Å². The van der Waals surface area contributed by atoms with Gasteiger partial charge in [-0.15, -0.1) is 21.5 Å². The van der Waals surface area contributed by atoms with Crippen LogP contribution < -0.4 is 16.0 Å². The van der Waals surface area contributed by atoms with Crippen molar-refractivity contribution >= 4 is 21.6 Å². The molecule has 7 nitrogen and oxygen atoms in total. The SMILES string of the molecule is COc1ccc(-n2c(=O)c3c(C)c(-c4ccccc4)sc3n(CC3=C(F)CCC=C3F)c2=O)nn1. The zero-order chi connectivity index (χ0) is 24.7. The van der Waals surface area contributed by atoms with Gasteiger partial charge < -0.3 is 4.74 Å². The number of aryl methyl sites for hydroxylation is 1. The topological polar surface area (TPSA) is 79.0 Å². The number of nitrogens with zero attached hydrogens (tertiary/aromatic N) is 4. The largest absolute Gasteiger partial charge is 0.480 e. The summed E-state index contributed by atoms with van der Waals surface area (Å²) in [7, 11) is 1.42. The van der Waals surface area contributed by atoms with Crippen molar-refractivity contribution in [1.29, 1.82) is 0 Å². The van der Waals surface area contributed by atoms with E-state index in [9.17, 15) is 18.4 Å². The summed E-state index contributed by atoms with van der Waals surface area (Å²) in [6, 6.07) is 12.3. The molecule has 0 N–H and O–H groups in total. The number of ether oxygens (including phenoxy) is 1. The highest BCUT2D eigenvalue weighted by Gasteiger charge is 2.25. The summed E-state index contributed by atoms with van der Waals surface area (Å²) in [5.74, 6) is -1.11. The molecule has 0 aliphatic heterocycles. The van der Waals surface area contributed by atoms with E-state index in [1.54, 1.807) is 6.92 Å². The predicted octanol–water partition coefficient (Wildman–Crippen LogP) is 4.86. The van der Waals surface area contributed by atoms with E-state index < -0.39 is 22.9 Å². The number of aromatic nitrogens is 4. The van der Waals surface area contributed by atoms with Crippen molar-refractivity contribution in [2.75, 3.05) is 7.11 Å². The van der Waals surface area contributed by atoms with Crippen LogP contribution in [0.5, 0.6) is 5.88 Å². The van der Waals surface area contributed by atoms with Gasteiger partial charge in [-0.2, -0.15) is 0 Å². The van der Waals surface area contributed by atoms with E-state index in [1.807, 2.05) is 30.3 Å². The molecule has 4 aromatic rings. The Morgan fingerprint density at radius 2 is 1.86 bits per heavy atom. The van der Waals surface area contributed by atoms with Crippen LogP contribution in [0.2, 0.25) is 0 Å². The van der Waals surface area contributed by atoms with E-state index in [4.69, 9.17) is 4.74 Å². The molecule has 35 heavy (non-hydrogen) atoms. The number of allylic oxidation sites excluding steroid dienone is 4. The predicted molar refractivity (Wildman–Crippen MR) is 131 cm³/mol. The molecule has 3 aromatic heterocycles. The van der Waals surface area contributed by atoms with E-state index in [2.05, 4.69) is 10.2 Å². The molecular weight excluding hydrogens is 474 g/mol. The number of halogens is 2. The lowest BCUT2D eigenvalue weighted by atomic mass is 10.0. The molecule has 3 heterocycles. The molecule has 1 aliphatic rings. The number of thiophene rings is 1. The molecule has 0 fully saturated rings. The van der Waals surface area contributed by atoms with Crippen molar-refractivity contribution in [2.45, 2.75) is 26.3 Å². The summed E-state index contributed by atoms with van der Waals surface area (Å²) in [5, 5.41) is 8.12. The minimum absolute atomic E-state index is 0.0163. The van der Waals surface area contributed by atoms with Gasteiger partial charge in [-0.25, -0.2) is 18.1 Å². The molecule has 1 aliphatic carbocycles. The third-order valence-electron chi connectivity index (χ3n) is 5.93. The number of methoxy groups -OCH3 is 1. The summed E-state index contributed by atoms with van der Waals surface area (Å²) in [5.41, 5.74) is -0.000884. The fourth-order valence-corrected chi connectivity index (χ4v) is 5.44. The van der Waals surface area contributed by atoms with Gasteiger partial charge in [-0.3, -0.25) is 9.36 Å². The Balaban J connectivity index is 1.83. The van der Waals surface area contributed by atoms with Gasteiger partial charge in [0.1, 0.15) is 16.5 Å². The van der Waals surface area contributed by atoms with Crippen LogP contribution in [0.25, 0.3) is 26.5 Å².